The van der Waals surface area contributed by atoms with Gasteiger partial charge in [0, 0.05) is 65.0 Å². The SMILES string of the molecule is C1=NC(NCCN2CCN(Cc3ccccc3)CC2)=NCC1. The fourth-order valence-electron chi connectivity index (χ4n) is 2.86. The highest BCUT2D eigenvalue weighted by atomic mass is 15.3. The molecule has 1 aromatic carbocycles. The summed E-state index contributed by atoms with van der Waals surface area (Å²) in [7, 11) is 0. The van der Waals surface area contributed by atoms with Crippen LogP contribution in [0, 0.1) is 0 Å². The molecule has 0 atom stereocenters. The van der Waals surface area contributed by atoms with Gasteiger partial charge in [0.25, 0.3) is 0 Å². The number of nitrogens with one attached hydrogen (secondary N) is 1. The number of rotatable bonds is 5. The Morgan fingerprint density at radius 3 is 2.50 bits per heavy atom. The van der Waals surface area contributed by atoms with Gasteiger partial charge in [-0.05, 0) is 5.56 Å². The first kappa shape index (κ1) is 15.2. The van der Waals surface area contributed by atoms with E-state index in [4.69, 9.17) is 0 Å². The smallest absolute Gasteiger partial charge is 0.217 e. The van der Waals surface area contributed by atoms with E-state index >= 15 is 0 Å². The Bertz CT molecular complexity index is 503. The predicted octanol–water partition coefficient (Wildman–Crippen LogP) is 1.22. The summed E-state index contributed by atoms with van der Waals surface area (Å²) in [5.74, 6) is 0.800. The summed E-state index contributed by atoms with van der Waals surface area (Å²) in [4.78, 5) is 13.7. The maximum atomic E-state index is 4.35. The number of hydrogen-bond acceptors (Lipinski definition) is 5. The average Bonchev–Trinajstić information content (AvgIpc) is 2.58. The van der Waals surface area contributed by atoms with Crippen LogP contribution in [0.2, 0.25) is 0 Å². The molecule has 5 heteroatoms. The van der Waals surface area contributed by atoms with Crippen LogP contribution in [0.4, 0.5) is 0 Å². The zero-order chi connectivity index (χ0) is 15.0. The van der Waals surface area contributed by atoms with E-state index in [-0.39, 0.29) is 0 Å². The van der Waals surface area contributed by atoms with Gasteiger partial charge in [-0.1, -0.05) is 30.3 Å². The van der Waals surface area contributed by atoms with Gasteiger partial charge in [-0.2, -0.15) is 0 Å². The van der Waals surface area contributed by atoms with E-state index in [1.807, 2.05) is 6.21 Å². The molecule has 0 aliphatic carbocycles. The number of benzene rings is 1. The normalized spacial score (nSPS) is 19.9. The number of hydrogen-bond donors (Lipinski definition) is 1. The molecular formula is C17H25N5. The Labute approximate surface area is 132 Å². The predicted molar refractivity (Wildman–Crippen MR) is 91.6 cm³/mol. The molecule has 22 heavy (non-hydrogen) atoms. The Hall–Kier alpha value is -1.72. The molecule has 3 rings (SSSR count). The molecule has 0 unspecified atom stereocenters. The maximum absolute atomic E-state index is 4.35. The van der Waals surface area contributed by atoms with Crippen molar-refractivity contribution in [2.45, 2.75) is 13.0 Å². The second-order valence-corrected chi connectivity index (χ2v) is 5.84. The number of guanidine groups is 1. The zero-order valence-corrected chi connectivity index (χ0v) is 13.1. The van der Waals surface area contributed by atoms with Crippen LogP contribution < -0.4 is 5.32 Å². The van der Waals surface area contributed by atoms with Crippen molar-refractivity contribution in [3.63, 3.8) is 0 Å². The monoisotopic (exact) mass is 299 g/mol. The highest BCUT2D eigenvalue weighted by Gasteiger charge is 2.16. The van der Waals surface area contributed by atoms with E-state index in [1.54, 1.807) is 0 Å². The molecule has 5 nitrogen and oxygen atoms in total. The van der Waals surface area contributed by atoms with Crippen LogP contribution in [-0.2, 0) is 6.54 Å². The number of nitrogens with zero attached hydrogens (tertiary/aromatic N) is 4. The minimum absolute atomic E-state index is 0.800. The van der Waals surface area contributed by atoms with Crippen LogP contribution in [0.3, 0.4) is 0 Å². The molecule has 0 spiro atoms. The third kappa shape index (κ3) is 4.64. The van der Waals surface area contributed by atoms with E-state index in [9.17, 15) is 0 Å². The summed E-state index contributed by atoms with van der Waals surface area (Å²) in [6, 6.07) is 10.7. The molecule has 0 bridgehead atoms. The molecule has 1 N–H and O–H groups in total. The van der Waals surface area contributed by atoms with Crippen molar-refractivity contribution in [2.75, 3.05) is 45.8 Å². The summed E-state index contributed by atoms with van der Waals surface area (Å²) in [6.45, 7) is 8.50. The molecule has 2 aliphatic heterocycles. The largest absolute Gasteiger partial charge is 0.353 e. The average molecular weight is 299 g/mol. The second-order valence-electron chi connectivity index (χ2n) is 5.84. The lowest BCUT2D eigenvalue weighted by Crippen LogP contribution is -2.48. The third-order valence-electron chi connectivity index (χ3n) is 4.16. The second kappa shape index (κ2) is 8.06. The van der Waals surface area contributed by atoms with Gasteiger partial charge in [-0.25, -0.2) is 4.99 Å². The lowest BCUT2D eigenvalue weighted by molar-refractivity contribution is 0.129. The standard InChI is InChI=1S/C17H25N5/c1-2-5-16(6-3-1)15-22-13-11-21(12-14-22)10-9-20-17-18-7-4-8-19-17/h1-3,5-7H,4,8-15H2,(H,19,20). The lowest BCUT2D eigenvalue weighted by Gasteiger charge is -2.34. The molecule has 2 aliphatic rings. The molecule has 0 saturated carbocycles. The van der Waals surface area contributed by atoms with Crippen molar-refractivity contribution in [3.05, 3.63) is 35.9 Å². The molecule has 1 aromatic rings. The van der Waals surface area contributed by atoms with Gasteiger partial charge in [0.1, 0.15) is 0 Å². The Morgan fingerprint density at radius 2 is 1.77 bits per heavy atom. The Balaban J connectivity index is 1.33. The van der Waals surface area contributed by atoms with Crippen LogP contribution in [0.15, 0.2) is 40.3 Å². The van der Waals surface area contributed by atoms with Crippen molar-refractivity contribution in [3.8, 4) is 0 Å². The summed E-state index contributed by atoms with van der Waals surface area (Å²) in [5, 5.41) is 3.32. The van der Waals surface area contributed by atoms with Crippen molar-refractivity contribution in [1.29, 1.82) is 0 Å². The first-order valence-electron chi connectivity index (χ1n) is 8.20. The van der Waals surface area contributed by atoms with Gasteiger partial charge >= 0.3 is 0 Å². The maximum Gasteiger partial charge on any atom is 0.217 e. The molecule has 0 amide bonds. The van der Waals surface area contributed by atoms with Gasteiger partial charge in [-0.3, -0.25) is 14.8 Å². The fraction of sp³-hybridized carbons (Fsp3) is 0.529. The highest BCUT2D eigenvalue weighted by molar-refractivity contribution is 5.89. The number of aliphatic imine (C=N–C) groups is 2. The van der Waals surface area contributed by atoms with E-state index in [0.29, 0.717) is 0 Å². The number of piperazine rings is 1. The van der Waals surface area contributed by atoms with Crippen molar-refractivity contribution >= 4 is 12.2 Å². The van der Waals surface area contributed by atoms with Crippen LogP contribution in [0.5, 0.6) is 0 Å². The van der Waals surface area contributed by atoms with E-state index in [0.717, 1.165) is 64.7 Å². The third-order valence-corrected chi connectivity index (χ3v) is 4.16. The van der Waals surface area contributed by atoms with Gasteiger partial charge in [0.15, 0.2) is 0 Å². The summed E-state index contributed by atoms with van der Waals surface area (Å²) in [5.41, 5.74) is 1.41. The van der Waals surface area contributed by atoms with Crippen molar-refractivity contribution in [1.82, 2.24) is 15.1 Å². The van der Waals surface area contributed by atoms with Crippen molar-refractivity contribution in [2.24, 2.45) is 9.98 Å². The molecule has 0 radical (unpaired) electrons. The molecule has 1 saturated heterocycles. The highest BCUT2D eigenvalue weighted by Crippen LogP contribution is 2.07. The summed E-state index contributed by atoms with van der Waals surface area (Å²) >= 11 is 0. The molecule has 118 valence electrons. The van der Waals surface area contributed by atoms with Gasteiger partial charge in [0.05, 0.1) is 0 Å². The minimum atomic E-state index is 0.800. The molecular weight excluding hydrogens is 274 g/mol. The molecule has 0 aromatic heterocycles. The van der Waals surface area contributed by atoms with Crippen LogP contribution in [0.1, 0.15) is 12.0 Å². The van der Waals surface area contributed by atoms with Crippen LogP contribution >= 0.6 is 0 Å². The Kier molecular flexibility index (Phi) is 5.56. The first-order valence-corrected chi connectivity index (χ1v) is 8.20. The summed E-state index contributed by atoms with van der Waals surface area (Å²) < 4.78 is 0. The topological polar surface area (TPSA) is 43.2 Å². The minimum Gasteiger partial charge on any atom is -0.353 e. The van der Waals surface area contributed by atoms with E-state index in [2.05, 4.69) is 55.4 Å². The van der Waals surface area contributed by atoms with Crippen LogP contribution in [0.25, 0.3) is 0 Å². The van der Waals surface area contributed by atoms with Crippen molar-refractivity contribution < 1.29 is 0 Å². The van der Waals surface area contributed by atoms with E-state index in [1.165, 1.54) is 5.56 Å². The van der Waals surface area contributed by atoms with Gasteiger partial charge < -0.3 is 5.32 Å². The molecule has 1 fully saturated rings. The van der Waals surface area contributed by atoms with Crippen LogP contribution in [-0.4, -0.2) is 67.8 Å². The molecule has 2 heterocycles. The van der Waals surface area contributed by atoms with E-state index < -0.39 is 0 Å². The quantitative estimate of drug-likeness (QED) is 0.889. The van der Waals surface area contributed by atoms with Gasteiger partial charge in [-0.15, -0.1) is 0 Å². The fourth-order valence-corrected chi connectivity index (χ4v) is 2.86. The zero-order valence-electron chi connectivity index (χ0n) is 13.1. The van der Waals surface area contributed by atoms with Gasteiger partial charge in [0.2, 0.25) is 5.96 Å². The lowest BCUT2D eigenvalue weighted by atomic mass is 10.2. The Morgan fingerprint density at radius 1 is 1.00 bits per heavy atom. The summed E-state index contributed by atoms with van der Waals surface area (Å²) in [6.07, 6.45) is 2.91. The first-order chi connectivity index (χ1) is 10.9.